The van der Waals surface area contributed by atoms with Crippen molar-refractivity contribution in [3.63, 3.8) is 0 Å². The molecule has 0 radical (unpaired) electrons. The van der Waals surface area contributed by atoms with Crippen molar-refractivity contribution in [2.75, 3.05) is 51.3 Å². The molecule has 1 aliphatic rings. The lowest BCUT2D eigenvalue weighted by Gasteiger charge is -2.26. The smallest absolute Gasteiger partial charge is 0.227 e. The molecule has 0 spiro atoms. The number of amides is 1. The first-order valence-electron chi connectivity index (χ1n) is 8.71. The minimum atomic E-state index is -0.106. The van der Waals surface area contributed by atoms with E-state index in [1.807, 2.05) is 19.1 Å². The molecule has 1 aromatic rings. The van der Waals surface area contributed by atoms with Crippen LogP contribution in [0.15, 0.2) is 23.2 Å². The summed E-state index contributed by atoms with van der Waals surface area (Å²) in [5, 5.41) is 5.72. The number of ether oxygens (including phenoxy) is 1. The van der Waals surface area contributed by atoms with Gasteiger partial charge in [-0.25, -0.2) is 4.98 Å². The van der Waals surface area contributed by atoms with Crippen molar-refractivity contribution in [2.24, 2.45) is 10.7 Å². The van der Waals surface area contributed by atoms with Crippen molar-refractivity contribution < 1.29 is 9.53 Å². The van der Waals surface area contributed by atoms with E-state index >= 15 is 0 Å². The Kier molecular flexibility index (Phi) is 8.14. The van der Waals surface area contributed by atoms with E-state index in [0.29, 0.717) is 31.3 Å². The summed E-state index contributed by atoms with van der Waals surface area (Å²) in [6.07, 6.45) is 1.27. The first kappa shape index (κ1) is 19.1. The summed E-state index contributed by atoms with van der Waals surface area (Å²) < 4.78 is 5.32. The van der Waals surface area contributed by atoms with Gasteiger partial charge in [-0.05, 0) is 25.5 Å². The Balaban J connectivity index is 1.56. The molecule has 8 heteroatoms. The van der Waals surface area contributed by atoms with Gasteiger partial charge in [-0.15, -0.1) is 0 Å². The molecule has 0 aromatic carbocycles. The number of carbonyl (C=O) groups is 1. The van der Waals surface area contributed by atoms with Crippen molar-refractivity contribution in [2.45, 2.75) is 19.8 Å². The number of aryl methyl sites for hydroxylation is 1. The molecule has 0 aliphatic carbocycles. The van der Waals surface area contributed by atoms with Gasteiger partial charge in [0.25, 0.3) is 0 Å². The molecular weight excluding hydrogens is 320 g/mol. The number of hydrogen-bond donors (Lipinski definition) is 3. The molecular formula is C17H28N6O2. The monoisotopic (exact) mass is 348 g/mol. The van der Waals surface area contributed by atoms with Crippen LogP contribution in [0.2, 0.25) is 0 Å². The van der Waals surface area contributed by atoms with E-state index in [-0.39, 0.29) is 5.91 Å². The van der Waals surface area contributed by atoms with Gasteiger partial charge >= 0.3 is 0 Å². The molecule has 1 aromatic heterocycles. The fraction of sp³-hybridized carbons (Fsp3) is 0.588. The summed E-state index contributed by atoms with van der Waals surface area (Å²) in [7, 11) is 0. The van der Waals surface area contributed by atoms with E-state index < -0.39 is 0 Å². The van der Waals surface area contributed by atoms with Crippen LogP contribution in [0, 0.1) is 6.92 Å². The fourth-order valence-electron chi connectivity index (χ4n) is 2.50. The number of aromatic nitrogens is 1. The Morgan fingerprint density at radius 3 is 2.96 bits per heavy atom. The first-order valence-corrected chi connectivity index (χ1v) is 8.71. The zero-order valence-corrected chi connectivity index (χ0v) is 14.8. The maximum Gasteiger partial charge on any atom is 0.227 e. The molecule has 25 heavy (non-hydrogen) atoms. The molecule has 138 valence electrons. The van der Waals surface area contributed by atoms with E-state index in [1.54, 1.807) is 6.07 Å². The van der Waals surface area contributed by atoms with Crippen molar-refractivity contribution in [1.82, 2.24) is 15.2 Å². The minimum absolute atomic E-state index is 0.106. The normalized spacial score (nSPS) is 15.8. The van der Waals surface area contributed by atoms with Crippen LogP contribution in [0.4, 0.5) is 5.82 Å². The van der Waals surface area contributed by atoms with Gasteiger partial charge in [0.15, 0.2) is 5.96 Å². The zero-order valence-electron chi connectivity index (χ0n) is 14.8. The number of hydrogen-bond acceptors (Lipinski definition) is 5. The summed E-state index contributed by atoms with van der Waals surface area (Å²) in [5.41, 5.74) is 6.68. The van der Waals surface area contributed by atoms with Crippen LogP contribution in [-0.4, -0.2) is 67.7 Å². The van der Waals surface area contributed by atoms with E-state index in [4.69, 9.17) is 10.5 Å². The number of rotatable bonds is 8. The van der Waals surface area contributed by atoms with Crippen LogP contribution >= 0.6 is 0 Å². The third kappa shape index (κ3) is 7.95. The van der Waals surface area contributed by atoms with E-state index in [1.165, 1.54) is 0 Å². The largest absolute Gasteiger partial charge is 0.379 e. The SMILES string of the molecule is Cc1cccc(NC(=O)CCNC(N)=NCCCN2CCOCC2)n1. The summed E-state index contributed by atoms with van der Waals surface area (Å²) in [5.74, 6) is 0.837. The molecule has 2 heterocycles. The van der Waals surface area contributed by atoms with Crippen molar-refractivity contribution >= 4 is 17.7 Å². The fourth-order valence-corrected chi connectivity index (χ4v) is 2.50. The van der Waals surface area contributed by atoms with Crippen molar-refractivity contribution in [3.8, 4) is 0 Å². The Labute approximate surface area is 148 Å². The number of nitrogens with two attached hydrogens (primary N) is 1. The molecule has 0 saturated carbocycles. The highest BCUT2D eigenvalue weighted by Crippen LogP contribution is 2.04. The molecule has 1 aliphatic heterocycles. The highest BCUT2D eigenvalue weighted by molar-refractivity contribution is 5.90. The van der Waals surface area contributed by atoms with Gasteiger partial charge < -0.3 is 21.1 Å². The summed E-state index contributed by atoms with van der Waals surface area (Å²) >= 11 is 0. The van der Waals surface area contributed by atoms with Crippen LogP contribution in [0.25, 0.3) is 0 Å². The Morgan fingerprint density at radius 1 is 1.40 bits per heavy atom. The number of carbonyl (C=O) groups excluding carboxylic acids is 1. The molecule has 8 nitrogen and oxygen atoms in total. The van der Waals surface area contributed by atoms with Crippen LogP contribution in [-0.2, 0) is 9.53 Å². The average molecular weight is 348 g/mol. The van der Waals surface area contributed by atoms with Crippen LogP contribution in [0.5, 0.6) is 0 Å². The summed E-state index contributed by atoms with van der Waals surface area (Å²) in [6.45, 7) is 7.61. The van der Waals surface area contributed by atoms with Gasteiger partial charge in [0.2, 0.25) is 5.91 Å². The number of anilines is 1. The standard InChI is InChI=1S/C17H28N6O2/c1-14-4-2-5-15(21-14)22-16(24)6-8-20-17(18)19-7-3-9-23-10-12-25-13-11-23/h2,4-5H,3,6-13H2,1H3,(H3,18,19,20)(H,21,22,24). The quantitative estimate of drug-likeness (QED) is 0.356. The molecule has 0 unspecified atom stereocenters. The second kappa shape index (κ2) is 10.6. The van der Waals surface area contributed by atoms with Gasteiger partial charge in [0.1, 0.15) is 5.82 Å². The maximum atomic E-state index is 11.9. The number of nitrogens with one attached hydrogen (secondary N) is 2. The number of guanidine groups is 1. The minimum Gasteiger partial charge on any atom is -0.379 e. The lowest BCUT2D eigenvalue weighted by Crippen LogP contribution is -2.37. The Morgan fingerprint density at radius 2 is 2.20 bits per heavy atom. The van der Waals surface area contributed by atoms with Crippen LogP contribution in [0.1, 0.15) is 18.5 Å². The highest BCUT2D eigenvalue weighted by Gasteiger charge is 2.09. The van der Waals surface area contributed by atoms with Gasteiger partial charge in [-0.3, -0.25) is 14.7 Å². The second-order valence-electron chi connectivity index (χ2n) is 5.96. The lowest BCUT2D eigenvalue weighted by molar-refractivity contribution is -0.116. The van der Waals surface area contributed by atoms with Gasteiger partial charge in [-0.1, -0.05) is 6.07 Å². The molecule has 2 rings (SSSR count). The van der Waals surface area contributed by atoms with E-state index in [0.717, 1.165) is 45.0 Å². The van der Waals surface area contributed by atoms with Crippen molar-refractivity contribution in [1.29, 1.82) is 0 Å². The van der Waals surface area contributed by atoms with Gasteiger partial charge in [0.05, 0.1) is 13.2 Å². The molecule has 1 fully saturated rings. The summed E-state index contributed by atoms with van der Waals surface area (Å²) in [4.78, 5) is 22.7. The van der Waals surface area contributed by atoms with Gasteiger partial charge in [-0.2, -0.15) is 0 Å². The maximum absolute atomic E-state index is 11.9. The number of pyridine rings is 1. The average Bonchev–Trinajstić information content (AvgIpc) is 2.60. The number of morpholine rings is 1. The predicted octanol–water partition coefficient (Wildman–Crippen LogP) is 0.345. The molecule has 1 amide bonds. The van der Waals surface area contributed by atoms with Crippen molar-refractivity contribution in [3.05, 3.63) is 23.9 Å². The Hall–Kier alpha value is -2.19. The van der Waals surface area contributed by atoms with Gasteiger partial charge in [0, 0.05) is 44.8 Å². The first-order chi connectivity index (χ1) is 12.1. The predicted molar refractivity (Wildman–Crippen MR) is 98.6 cm³/mol. The third-order valence-corrected chi connectivity index (χ3v) is 3.83. The zero-order chi connectivity index (χ0) is 17.9. The Bertz CT molecular complexity index is 572. The van der Waals surface area contributed by atoms with Crippen LogP contribution in [0.3, 0.4) is 0 Å². The van der Waals surface area contributed by atoms with E-state index in [9.17, 15) is 4.79 Å². The molecule has 0 bridgehead atoms. The molecule has 4 N–H and O–H groups in total. The molecule has 1 saturated heterocycles. The topological polar surface area (TPSA) is 105 Å². The molecule has 0 atom stereocenters. The highest BCUT2D eigenvalue weighted by atomic mass is 16.5. The lowest BCUT2D eigenvalue weighted by atomic mass is 10.3. The van der Waals surface area contributed by atoms with E-state index in [2.05, 4.69) is 25.5 Å². The third-order valence-electron chi connectivity index (χ3n) is 3.83. The number of nitrogens with zero attached hydrogens (tertiary/aromatic N) is 3. The number of aliphatic imine (C=N–C) groups is 1. The summed E-state index contributed by atoms with van der Waals surface area (Å²) in [6, 6.07) is 5.51. The van der Waals surface area contributed by atoms with Crippen LogP contribution < -0.4 is 16.4 Å². The second-order valence-corrected chi connectivity index (χ2v) is 5.96.